The highest BCUT2D eigenvalue weighted by atomic mass is 16.3. The lowest BCUT2D eigenvalue weighted by atomic mass is 9.98. The van der Waals surface area contributed by atoms with E-state index in [9.17, 15) is 4.79 Å². The van der Waals surface area contributed by atoms with E-state index in [-0.39, 0.29) is 18.6 Å². The molecule has 1 heterocycles. The average Bonchev–Trinajstić information content (AvgIpc) is 2.51. The molecule has 0 saturated heterocycles. The number of nitrogens with zero attached hydrogens (tertiary/aromatic N) is 1. The first-order valence-corrected chi connectivity index (χ1v) is 7.81. The van der Waals surface area contributed by atoms with Gasteiger partial charge in [0.25, 0.3) is 0 Å². The van der Waals surface area contributed by atoms with E-state index >= 15 is 0 Å². The summed E-state index contributed by atoms with van der Waals surface area (Å²) in [5.74, 6) is 0.396. The maximum atomic E-state index is 12.2. The molecule has 1 aliphatic rings. The predicted octanol–water partition coefficient (Wildman–Crippen LogP) is 1.57. The number of carbonyl (C=O) groups excluding carboxylic acids is 1. The fourth-order valence-corrected chi connectivity index (χ4v) is 2.76. The summed E-state index contributed by atoms with van der Waals surface area (Å²) in [5, 5.41) is 11.9. The minimum Gasteiger partial charge on any atom is -0.396 e. The second-order valence-electron chi connectivity index (χ2n) is 6.03. The Morgan fingerprint density at radius 1 is 1.33 bits per heavy atom. The predicted molar refractivity (Wildman–Crippen MR) is 83.9 cm³/mol. The Morgan fingerprint density at radius 3 is 2.76 bits per heavy atom. The second-order valence-corrected chi connectivity index (χ2v) is 6.03. The Kier molecular flexibility index (Phi) is 5.76. The van der Waals surface area contributed by atoms with Crippen LogP contribution in [0.1, 0.15) is 31.4 Å². The van der Waals surface area contributed by atoms with Gasteiger partial charge in [-0.15, -0.1) is 0 Å². The Morgan fingerprint density at radius 2 is 2.05 bits per heavy atom. The van der Waals surface area contributed by atoms with Crippen LogP contribution in [0.3, 0.4) is 0 Å². The number of nitrogens with one attached hydrogen (secondary N) is 1. The Labute approximate surface area is 127 Å². The van der Waals surface area contributed by atoms with Crippen LogP contribution in [0.4, 0.5) is 0 Å². The standard InChI is InChI=1S/C17H26N2O2/c1-13(8-10-20)11-18-17(21)14(2)19-9-7-15-5-3-4-6-16(15)12-19/h3-6,13-14,20H,7-12H2,1-2H3,(H,18,21). The van der Waals surface area contributed by atoms with E-state index in [2.05, 4.69) is 34.5 Å². The number of aliphatic hydroxyl groups is 1. The fourth-order valence-electron chi connectivity index (χ4n) is 2.76. The van der Waals surface area contributed by atoms with Gasteiger partial charge in [0.2, 0.25) is 5.91 Å². The van der Waals surface area contributed by atoms with Crippen LogP contribution in [0.15, 0.2) is 24.3 Å². The molecule has 0 radical (unpaired) electrons. The number of carbonyl (C=O) groups is 1. The number of fused-ring (bicyclic) bond motifs is 1. The van der Waals surface area contributed by atoms with Crippen molar-refractivity contribution in [1.82, 2.24) is 10.2 Å². The van der Waals surface area contributed by atoms with Gasteiger partial charge < -0.3 is 10.4 Å². The zero-order chi connectivity index (χ0) is 15.2. The summed E-state index contributed by atoms with van der Waals surface area (Å²) in [7, 11) is 0. The number of aliphatic hydroxyl groups excluding tert-OH is 1. The number of hydrogen-bond acceptors (Lipinski definition) is 3. The molecule has 4 nitrogen and oxygen atoms in total. The molecule has 2 rings (SSSR count). The first-order valence-electron chi connectivity index (χ1n) is 7.81. The normalized spacial score (nSPS) is 17.9. The third-order valence-electron chi connectivity index (χ3n) is 4.33. The number of benzene rings is 1. The summed E-state index contributed by atoms with van der Waals surface area (Å²) in [6.45, 7) is 6.59. The van der Waals surface area contributed by atoms with Crippen LogP contribution in [0.25, 0.3) is 0 Å². The zero-order valence-electron chi connectivity index (χ0n) is 13.0. The molecule has 2 N–H and O–H groups in total. The Balaban J connectivity index is 1.86. The number of rotatable bonds is 6. The lowest BCUT2D eigenvalue weighted by Crippen LogP contribution is -2.47. The van der Waals surface area contributed by atoms with Crippen molar-refractivity contribution in [3.05, 3.63) is 35.4 Å². The van der Waals surface area contributed by atoms with Crippen LogP contribution >= 0.6 is 0 Å². The highest BCUT2D eigenvalue weighted by molar-refractivity contribution is 5.81. The smallest absolute Gasteiger partial charge is 0.237 e. The number of amides is 1. The minimum atomic E-state index is -0.111. The van der Waals surface area contributed by atoms with Crippen molar-refractivity contribution in [3.8, 4) is 0 Å². The van der Waals surface area contributed by atoms with Crippen LogP contribution < -0.4 is 5.32 Å². The van der Waals surface area contributed by atoms with Gasteiger partial charge >= 0.3 is 0 Å². The first-order chi connectivity index (χ1) is 10.1. The quantitative estimate of drug-likeness (QED) is 0.836. The highest BCUT2D eigenvalue weighted by Crippen LogP contribution is 2.20. The summed E-state index contributed by atoms with van der Waals surface area (Å²) in [4.78, 5) is 14.5. The van der Waals surface area contributed by atoms with Crippen molar-refractivity contribution in [3.63, 3.8) is 0 Å². The van der Waals surface area contributed by atoms with Gasteiger partial charge in [-0.3, -0.25) is 9.69 Å². The van der Waals surface area contributed by atoms with Crippen LogP contribution in [-0.4, -0.2) is 41.7 Å². The topological polar surface area (TPSA) is 52.6 Å². The molecule has 2 atom stereocenters. The second kappa shape index (κ2) is 7.57. The molecule has 0 fully saturated rings. The maximum Gasteiger partial charge on any atom is 0.237 e. The van der Waals surface area contributed by atoms with Gasteiger partial charge in [0.1, 0.15) is 0 Å². The molecule has 1 amide bonds. The van der Waals surface area contributed by atoms with E-state index in [4.69, 9.17) is 5.11 Å². The molecular weight excluding hydrogens is 264 g/mol. The van der Waals surface area contributed by atoms with E-state index < -0.39 is 0 Å². The van der Waals surface area contributed by atoms with Gasteiger partial charge in [0, 0.05) is 26.2 Å². The van der Waals surface area contributed by atoms with Crippen molar-refractivity contribution in [2.75, 3.05) is 19.7 Å². The van der Waals surface area contributed by atoms with Gasteiger partial charge in [-0.25, -0.2) is 0 Å². The summed E-state index contributed by atoms with van der Waals surface area (Å²) in [6, 6.07) is 8.35. The van der Waals surface area contributed by atoms with E-state index in [0.717, 1.165) is 25.9 Å². The van der Waals surface area contributed by atoms with Crippen LogP contribution in [0.2, 0.25) is 0 Å². The van der Waals surface area contributed by atoms with Gasteiger partial charge in [0.05, 0.1) is 6.04 Å². The SMILES string of the molecule is CC(CCO)CNC(=O)C(C)N1CCc2ccccc2C1. The number of hydrogen-bond donors (Lipinski definition) is 2. The van der Waals surface area contributed by atoms with Crippen molar-refractivity contribution in [2.24, 2.45) is 5.92 Å². The van der Waals surface area contributed by atoms with Gasteiger partial charge in [-0.2, -0.15) is 0 Å². The van der Waals surface area contributed by atoms with E-state index in [1.165, 1.54) is 11.1 Å². The minimum absolute atomic E-state index is 0.0826. The summed E-state index contributed by atoms with van der Waals surface area (Å²) in [6.07, 6.45) is 1.74. The van der Waals surface area contributed by atoms with Gasteiger partial charge in [-0.1, -0.05) is 31.2 Å². The molecule has 1 aromatic rings. The van der Waals surface area contributed by atoms with Crippen LogP contribution in [0, 0.1) is 5.92 Å². The summed E-state index contributed by atoms with van der Waals surface area (Å²) >= 11 is 0. The molecule has 0 aliphatic carbocycles. The molecule has 0 bridgehead atoms. The Bertz CT molecular complexity index is 476. The third-order valence-corrected chi connectivity index (χ3v) is 4.33. The molecule has 0 saturated carbocycles. The Hall–Kier alpha value is -1.39. The van der Waals surface area contributed by atoms with Crippen molar-refractivity contribution >= 4 is 5.91 Å². The van der Waals surface area contributed by atoms with E-state index in [1.807, 2.05) is 13.8 Å². The highest BCUT2D eigenvalue weighted by Gasteiger charge is 2.25. The zero-order valence-corrected chi connectivity index (χ0v) is 13.0. The monoisotopic (exact) mass is 290 g/mol. The van der Waals surface area contributed by atoms with Gasteiger partial charge in [-0.05, 0) is 36.8 Å². The van der Waals surface area contributed by atoms with Gasteiger partial charge in [0.15, 0.2) is 0 Å². The van der Waals surface area contributed by atoms with E-state index in [0.29, 0.717) is 12.5 Å². The molecule has 0 spiro atoms. The molecule has 4 heteroatoms. The van der Waals surface area contributed by atoms with Crippen molar-refractivity contribution in [2.45, 2.75) is 39.3 Å². The summed E-state index contributed by atoms with van der Waals surface area (Å²) < 4.78 is 0. The van der Waals surface area contributed by atoms with Crippen LogP contribution in [-0.2, 0) is 17.8 Å². The lowest BCUT2D eigenvalue weighted by Gasteiger charge is -2.33. The van der Waals surface area contributed by atoms with Crippen molar-refractivity contribution < 1.29 is 9.90 Å². The largest absolute Gasteiger partial charge is 0.396 e. The molecule has 21 heavy (non-hydrogen) atoms. The average molecular weight is 290 g/mol. The fraction of sp³-hybridized carbons (Fsp3) is 0.588. The third kappa shape index (κ3) is 4.29. The molecular formula is C17H26N2O2. The summed E-state index contributed by atoms with van der Waals surface area (Å²) in [5.41, 5.74) is 2.73. The molecule has 2 unspecified atom stereocenters. The van der Waals surface area contributed by atoms with Crippen molar-refractivity contribution in [1.29, 1.82) is 0 Å². The lowest BCUT2D eigenvalue weighted by molar-refractivity contribution is -0.126. The molecule has 1 aromatic carbocycles. The van der Waals surface area contributed by atoms with Crippen LogP contribution in [0.5, 0.6) is 0 Å². The molecule has 116 valence electrons. The first kappa shape index (κ1) is 16.0. The maximum absolute atomic E-state index is 12.2. The van der Waals surface area contributed by atoms with E-state index in [1.54, 1.807) is 0 Å². The molecule has 1 aliphatic heterocycles. The molecule has 0 aromatic heterocycles.